The highest BCUT2D eigenvalue weighted by Gasteiger charge is 2.25. The SMILES string of the molecule is CCC1CCC(N(C)c2n[nH]c(=S)n2C)CC1. The van der Waals surface area contributed by atoms with Crippen molar-refractivity contribution >= 4 is 18.2 Å². The molecule has 96 valence electrons. The third-order valence-corrected chi connectivity index (χ3v) is 4.48. The van der Waals surface area contributed by atoms with Crippen molar-refractivity contribution in [1.29, 1.82) is 0 Å². The first kappa shape index (κ1) is 12.6. The molecule has 1 aliphatic carbocycles. The van der Waals surface area contributed by atoms with Crippen molar-refractivity contribution in [3.63, 3.8) is 0 Å². The highest BCUT2D eigenvalue weighted by molar-refractivity contribution is 7.71. The van der Waals surface area contributed by atoms with Gasteiger partial charge in [-0.05, 0) is 43.8 Å². The minimum atomic E-state index is 0.613. The van der Waals surface area contributed by atoms with Crippen LogP contribution in [0.15, 0.2) is 0 Å². The first-order valence-electron chi connectivity index (χ1n) is 6.47. The van der Waals surface area contributed by atoms with Gasteiger partial charge in [0, 0.05) is 20.1 Å². The van der Waals surface area contributed by atoms with E-state index in [1.54, 1.807) is 0 Å². The summed E-state index contributed by atoms with van der Waals surface area (Å²) in [6.45, 7) is 2.30. The fraction of sp³-hybridized carbons (Fsp3) is 0.833. The maximum atomic E-state index is 5.15. The summed E-state index contributed by atoms with van der Waals surface area (Å²) in [5, 5.41) is 7.15. The minimum absolute atomic E-state index is 0.613. The van der Waals surface area contributed by atoms with E-state index in [-0.39, 0.29) is 0 Å². The normalized spacial score (nSPS) is 24.9. The molecular formula is C12H22N4S. The molecule has 0 unspecified atom stereocenters. The molecule has 0 radical (unpaired) electrons. The van der Waals surface area contributed by atoms with Crippen LogP contribution in [-0.4, -0.2) is 27.9 Å². The van der Waals surface area contributed by atoms with Crippen LogP contribution in [0.5, 0.6) is 0 Å². The molecule has 0 aliphatic heterocycles. The predicted molar refractivity (Wildman–Crippen MR) is 72.8 cm³/mol. The van der Waals surface area contributed by atoms with Crippen molar-refractivity contribution in [1.82, 2.24) is 14.8 Å². The summed E-state index contributed by atoms with van der Waals surface area (Å²) in [5.41, 5.74) is 0. The Morgan fingerprint density at radius 2 is 2.06 bits per heavy atom. The van der Waals surface area contributed by atoms with E-state index in [9.17, 15) is 0 Å². The molecule has 1 aliphatic rings. The van der Waals surface area contributed by atoms with E-state index in [4.69, 9.17) is 12.2 Å². The van der Waals surface area contributed by atoms with Gasteiger partial charge in [0.1, 0.15) is 0 Å². The van der Waals surface area contributed by atoms with Crippen molar-refractivity contribution in [3.8, 4) is 0 Å². The molecule has 1 aromatic heterocycles. The van der Waals surface area contributed by atoms with Crippen LogP contribution in [0.25, 0.3) is 0 Å². The van der Waals surface area contributed by atoms with Crippen LogP contribution in [0.3, 0.4) is 0 Å². The average molecular weight is 254 g/mol. The van der Waals surface area contributed by atoms with Crippen LogP contribution in [-0.2, 0) is 7.05 Å². The Bertz CT molecular complexity index is 414. The second kappa shape index (κ2) is 5.21. The zero-order chi connectivity index (χ0) is 12.4. The maximum absolute atomic E-state index is 5.15. The molecule has 0 atom stereocenters. The first-order chi connectivity index (χ1) is 8.13. The number of nitrogens with one attached hydrogen (secondary N) is 1. The Morgan fingerprint density at radius 1 is 1.41 bits per heavy atom. The van der Waals surface area contributed by atoms with Gasteiger partial charge in [0.2, 0.25) is 5.95 Å². The van der Waals surface area contributed by atoms with Crippen molar-refractivity contribution in [2.24, 2.45) is 13.0 Å². The molecule has 0 saturated heterocycles. The van der Waals surface area contributed by atoms with Crippen LogP contribution >= 0.6 is 12.2 Å². The van der Waals surface area contributed by atoms with Crippen LogP contribution in [0.4, 0.5) is 5.95 Å². The number of nitrogens with zero attached hydrogens (tertiary/aromatic N) is 3. The third kappa shape index (κ3) is 2.54. The summed E-state index contributed by atoms with van der Waals surface area (Å²) < 4.78 is 2.63. The Labute approximate surface area is 108 Å². The summed E-state index contributed by atoms with van der Waals surface area (Å²) in [5.74, 6) is 1.89. The van der Waals surface area contributed by atoms with Crippen molar-refractivity contribution in [2.45, 2.75) is 45.1 Å². The van der Waals surface area contributed by atoms with E-state index in [1.807, 2.05) is 11.6 Å². The zero-order valence-electron chi connectivity index (χ0n) is 10.9. The van der Waals surface area contributed by atoms with Gasteiger partial charge in [-0.25, -0.2) is 5.10 Å². The average Bonchev–Trinajstić information content (AvgIpc) is 2.69. The highest BCUT2D eigenvalue weighted by atomic mass is 32.1. The number of hydrogen-bond donors (Lipinski definition) is 1. The van der Waals surface area contributed by atoms with E-state index in [0.29, 0.717) is 10.8 Å². The number of rotatable bonds is 3. The fourth-order valence-electron chi connectivity index (χ4n) is 2.76. The largest absolute Gasteiger partial charge is 0.341 e. The van der Waals surface area contributed by atoms with Gasteiger partial charge in [-0.15, -0.1) is 5.10 Å². The van der Waals surface area contributed by atoms with Gasteiger partial charge in [0.05, 0.1) is 0 Å². The molecule has 2 rings (SSSR count). The molecule has 1 fully saturated rings. The van der Waals surface area contributed by atoms with Crippen LogP contribution in [0, 0.1) is 10.7 Å². The summed E-state index contributed by atoms with van der Waals surface area (Å²) in [7, 11) is 4.09. The molecule has 0 aromatic carbocycles. The lowest BCUT2D eigenvalue weighted by atomic mass is 9.84. The lowest BCUT2D eigenvalue weighted by molar-refractivity contribution is 0.311. The molecule has 1 aromatic rings. The molecule has 4 nitrogen and oxygen atoms in total. The zero-order valence-corrected chi connectivity index (χ0v) is 11.8. The molecule has 5 heteroatoms. The number of anilines is 1. The number of H-pyrrole nitrogens is 1. The second-order valence-electron chi connectivity index (χ2n) is 5.08. The summed E-state index contributed by atoms with van der Waals surface area (Å²) in [6.07, 6.45) is 6.56. The van der Waals surface area contributed by atoms with E-state index in [0.717, 1.165) is 11.9 Å². The van der Waals surface area contributed by atoms with Gasteiger partial charge in [-0.2, -0.15) is 0 Å². The van der Waals surface area contributed by atoms with Gasteiger partial charge in [0.25, 0.3) is 0 Å². The van der Waals surface area contributed by atoms with Crippen molar-refractivity contribution in [3.05, 3.63) is 4.77 Å². The molecule has 17 heavy (non-hydrogen) atoms. The van der Waals surface area contributed by atoms with E-state index >= 15 is 0 Å². The van der Waals surface area contributed by atoms with Crippen LogP contribution < -0.4 is 4.90 Å². The van der Waals surface area contributed by atoms with E-state index in [2.05, 4.69) is 29.1 Å². The van der Waals surface area contributed by atoms with Crippen LogP contribution in [0.2, 0.25) is 0 Å². The smallest absolute Gasteiger partial charge is 0.225 e. The quantitative estimate of drug-likeness (QED) is 0.843. The number of aromatic nitrogens is 3. The third-order valence-electron chi connectivity index (χ3n) is 4.11. The standard InChI is InChI=1S/C12H22N4S/c1-4-9-5-7-10(8-6-9)15(2)11-13-14-12(17)16(11)3/h9-10H,4-8H2,1-3H3,(H,14,17). The molecule has 0 bridgehead atoms. The molecule has 1 heterocycles. The highest BCUT2D eigenvalue weighted by Crippen LogP contribution is 2.30. The molecule has 1 N–H and O–H groups in total. The van der Waals surface area contributed by atoms with E-state index < -0.39 is 0 Å². The number of hydrogen-bond acceptors (Lipinski definition) is 3. The Morgan fingerprint density at radius 3 is 2.53 bits per heavy atom. The van der Waals surface area contributed by atoms with Gasteiger partial charge in [-0.1, -0.05) is 13.3 Å². The Balaban J connectivity index is 2.04. The van der Waals surface area contributed by atoms with Gasteiger partial charge < -0.3 is 4.90 Å². The summed E-state index contributed by atoms with van der Waals surface area (Å²) >= 11 is 5.15. The summed E-state index contributed by atoms with van der Waals surface area (Å²) in [4.78, 5) is 2.28. The molecular weight excluding hydrogens is 232 g/mol. The van der Waals surface area contributed by atoms with Gasteiger partial charge in [-0.3, -0.25) is 4.57 Å². The van der Waals surface area contributed by atoms with Crippen molar-refractivity contribution < 1.29 is 0 Å². The second-order valence-corrected chi connectivity index (χ2v) is 5.47. The van der Waals surface area contributed by atoms with Crippen molar-refractivity contribution in [2.75, 3.05) is 11.9 Å². The lowest BCUT2D eigenvalue weighted by Crippen LogP contribution is -2.36. The number of aromatic amines is 1. The maximum Gasteiger partial charge on any atom is 0.225 e. The molecule has 0 amide bonds. The monoisotopic (exact) mass is 254 g/mol. The van der Waals surface area contributed by atoms with Gasteiger partial charge >= 0.3 is 0 Å². The molecule has 1 saturated carbocycles. The predicted octanol–water partition coefficient (Wildman–Crippen LogP) is 2.88. The van der Waals surface area contributed by atoms with Crippen LogP contribution in [0.1, 0.15) is 39.0 Å². The molecule has 0 spiro atoms. The lowest BCUT2D eigenvalue weighted by Gasteiger charge is -2.34. The topological polar surface area (TPSA) is 36.9 Å². The first-order valence-corrected chi connectivity index (χ1v) is 6.88. The van der Waals surface area contributed by atoms with Gasteiger partial charge in [0.15, 0.2) is 4.77 Å². The van der Waals surface area contributed by atoms with E-state index in [1.165, 1.54) is 32.1 Å². The summed E-state index contributed by atoms with van der Waals surface area (Å²) in [6, 6.07) is 0.613. The Hall–Kier alpha value is -0.840. The minimum Gasteiger partial charge on any atom is -0.341 e. The fourth-order valence-corrected chi connectivity index (χ4v) is 2.89. The Kier molecular flexibility index (Phi) is 3.86.